The molecular weight excluding hydrogens is 192 g/mol. The van der Waals surface area contributed by atoms with Crippen LogP contribution in [0.2, 0.25) is 0 Å². The molecular formula is C11H20N2O2. The van der Waals surface area contributed by atoms with Gasteiger partial charge in [0, 0.05) is 33.0 Å². The SMILES string of the molecule is CC(=O)NC1CCCC(C(=O)N(C)C)C1. The Kier molecular flexibility index (Phi) is 4.12. The second-order valence-corrected chi connectivity index (χ2v) is 4.49. The average Bonchev–Trinajstić information content (AvgIpc) is 2.16. The molecule has 0 radical (unpaired) electrons. The Labute approximate surface area is 91.0 Å². The van der Waals surface area contributed by atoms with Crippen LogP contribution in [0, 0.1) is 5.92 Å². The molecule has 0 bridgehead atoms. The van der Waals surface area contributed by atoms with Gasteiger partial charge in [0.1, 0.15) is 0 Å². The first kappa shape index (κ1) is 12.0. The Morgan fingerprint density at radius 1 is 1.27 bits per heavy atom. The number of hydrogen-bond acceptors (Lipinski definition) is 2. The van der Waals surface area contributed by atoms with E-state index in [4.69, 9.17) is 0 Å². The lowest BCUT2D eigenvalue weighted by Crippen LogP contribution is -2.41. The highest BCUT2D eigenvalue weighted by atomic mass is 16.2. The van der Waals surface area contributed by atoms with Crippen molar-refractivity contribution in [3.63, 3.8) is 0 Å². The average molecular weight is 212 g/mol. The van der Waals surface area contributed by atoms with Gasteiger partial charge in [-0.1, -0.05) is 6.42 Å². The van der Waals surface area contributed by atoms with Gasteiger partial charge in [-0.3, -0.25) is 9.59 Å². The minimum absolute atomic E-state index is 0.00190. The van der Waals surface area contributed by atoms with E-state index in [0.29, 0.717) is 0 Å². The second kappa shape index (κ2) is 5.14. The van der Waals surface area contributed by atoms with Crippen molar-refractivity contribution in [3.05, 3.63) is 0 Å². The zero-order chi connectivity index (χ0) is 11.4. The Morgan fingerprint density at radius 3 is 2.47 bits per heavy atom. The maximum absolute atomic E-state index is 11.7. The fourth-order valence-corrected chi connectivity index (χ4v) is 2.20. The van der Waals surface area contributed by atoms with Crippen molar-refractivity contribution in [2.45, 2.75) is 38.6 Å². The van der Waals surface area contributed by atoms with E-state index in [0.717, 1.165) is 25.7 Å². The van der Waals surface area contributed by atoms with Gasteiger partial charge in [-0.05, 0) is 19.3 Å². The van der Waals surface area contributed by atoms with Crippen molar-refractivity contribution in [2.24, 2.45) is 5.92 Å². The Morgan fingerprint density at radius 2 is 1.93 bits per heavy atom. The molecule has 1 saturated carbocycles. The molecule has 2 amide bonds. The van der Waals surface area contributed by atoms with E-state index in [1.54, 1.807) is 19.0 Å². The number of carbonyl (C=O) groups excluding carboxylic acids is 2. The molecule has 0 aromatic heterocycles. The first-order chi connectivity index (χ1) is 7.00. The topological polar surface area (TPSA) is 49.4 Å². The monoisotopic (exact) mass is 212 g/mol. The number of carbonyl (C=O) groups is 2. The van der Waals surface area contributed by atoms with Gasteiger partial charge >= 0.3 is 0 Å². The molecule has 0 saturated heterocycles. The molecule has 4 nitrogen and oxygen atoms in total. The first-order valence-corrected chi connectivity index (χ1v) is 5.49. The highest BCUT2D eigenvalue weighted by Crippen LogP contribution is 2.25. The van der Waals surface area contributed by atoms with Crippen LogP contribution in [-0.4, -0.2) is 36.9 Å². The molecule has 2 unspecified atom stereocenters. The largest absolute Gasteiger partial charge is 0.354 e. The van der Waals surface area contributed by atoms with Crippen molar-refractivity contribution < 1.29 is 9.59 Å². The van der Waals surface area contributed by atoms with Crippen molar-refractivity contribution in [3.8, 4) is 0 Å². The summed E-state index contributed by atoms with van der Waals surface area (Å²) in [6.07, 6.45) is 3.76. The molecule has 1 aliphatic rings. The summed E-state index contributed by atoms with van der Waals surface area (Å²) in [4.78, 5) is 24.3. The van der Waals surface area contributed by atoms with Crippen LogP contribution < -0.4 is 5.32 Å². The molecule has 1 fully saturated rings. The van der Waals surface area contributed by atoms with Crippen molar-refractivity contribution in [2.75, 3.05) is 14.1 Å². The van der Waals surface area contributed by atoms with E-state index in [9.17, 15) is 9.59 Å². The summed E-state index contributed by atoms with van der Waals surface area (Å²) in [6, 6.07) is 0.185. The van der Waals surface area contributed by atoms with Crippen LogP contribution in [0.25, 0.3) is 0 Å². The number of nitrogens with zero attached hydrogens (tertiary/aromatic N) is 1. The van der Waals surface area contributed by atoms with Crippen LogP contribution in [0.4, 0.5) is 0 Å². The van der Waals surface area contributed by atoms with Gasteiger partial charge in [0.05, 0.1) is 0 Å². The molecule has 86 valence electrons. The predicted molar refractivity (Wildman–Crippen MR) is 58.3 cm³/mol. The normalized spacial score (nSPS) is 25.8. The summed E-state index contributed by atoms with van der Waals surface area (Å²) in [7, 11) is 3.56. The van der Waals surface area contributed by atoms with Crippen LogP contribution in [0.3, 0.4) is 0 Å². The molecule has 15 heavy (non-hydrogen) atoms. The summed E-state index contributed by atoms with van der Waals surface area (Å²) < 4.78 is 0. The van der Waals surface area contributed by atoms with Crippen LogP contribution in [0.15, 0.2) is 0 Å². The van der Waals surface area contributed by atoms with Crippen molar-refractivity contribution in [1.82, 2.24) is 10.2 Å². The Hall–Kier alpha value is -1.06. The molecule has 0 spiro atoms. The molecule has 1 rings (SSSR count). The Bertz CT molecular complexity index is 251. The van der Waals surface area contributed by atoms with Gasteiger partial charge in [0.2, 0.25) is 11.8 Å². The van der Waals surface area contributed by atoms with Crippen molar-refractivity contribution in [1.29, 1.82) is 0 Å². The lowest BCUT2D eigenvalue weighted by atomic mass is 9.85. The third-order valence-electron chi connectivity index (χ3n) is 2.87. The third kappa shape index (κ3) is 3.53. The summed E-state index contributed by atoms with van der Waals surface area (Å²) in [5, 5.41) is 2.90. The summed E-state index contributed by atoms with van der Waals surface area (Å²) in [6.45, 7) is 1.53. The van der Waals surface area contributed by atoms with Gasteiger partial charge in [-0.2, -0.15) is 0 Å². The summed E-state index contributed by atoms with van der Waals surface area (Å²) >= 11 is 0. The number of nitrogens with one attached hydrogen (secondary N) is 1. The maximum atomic E-state index is 11.7. The summed E-state index contributed by atoms with van der Waals surface area (Å²) in [5.41, 5.74) is 0. The molecule has 4 heteroatoms. The van der Waals surface area contributed by atoms with Crippen LogP contribution in [0.5, 0.6) is 0 Å². The minimum Gasteiger partial charge on any atom is -0.354 e. The first-order valence-electron chi connectivity index (χ1n) is 5.49. The lowest BCUT2D eigenvalue weighted by Gasteiger charge is -2.30. The zero-order valence-corrected chi connectivity index (χ0v) is 9.75. The minimum atomic E-state index is -0.00190. The standard InChI is InChI=1S/C11H20N2O2/c1-8(14)12-10-6-4-5-9(7-10)11(15)13(2)3/h9-10H,4-7H2,1-3H3,(H,12,14). The Balaban J connectivity index is 2.48. The van der Waals surface area contributed by atoms with E-state index >= 15 is 0 Å². The van der Waals surface area contributed by atoms with E-state index in [1.165, 1.54) is 6.92 Å². The molecule has 0 aromatic carbocycles. The maximum Gasteiger partial charge on any atom is 0.225 e. The van der Waals surface area contributed by atoms with E-state index in [1.807, 2.05) is 0 Å². The number of hydrogen-bond donors (Lipinski definition) is 1. The zero-order valence-electron chi connectivity index (χ0n) is 9.75. The van der Waals surface area contributed by atoms with Gasteiger partial charge in [-0.25, -0.2) is 0 Å². The van der Waals surface area contributed by atoms with Crippen LogP contribution in [-0.2, 0) is 9.59 Å². The number of amides is 2. The molecule has 0 aromatic rings. The highest BCUT2D eigenvalue weighted by molar-refractivity contribution is 5.78. The molecule has 1 aliphatic carbocycles. The van der Waals surface area contributed by atoms with Gasteiger partial charge in [-0.15, -0.1) is 0 Å². The van der Waals surface area contributed by atoms with Gasteiger partial charge in [0.25, 0.3) is 0 Å². The molecule has 0 aliphatic heterocycles. The fraction of sp³-hybridized carbons (Fsp3) is 0.818. The molecule has 0 heterocycles. The van der Waals surface area contributed by atoms with Crippen molar-refractivity contribution >= 4 is 11.8 Å². The van der Waals surface area contributed by atoms with E-state index < -0.39 is 0 Å². The van der Waals surface area contributed by atoms with E-state index in [2.05, 4.69) is 5.32 Å². The van der Waals surface area contributed by atoms with E-state index in [-0.39, 0.29) is 23.8 Å². The second-order valence-electron chi connectivity index (χ2n) is 4.49. The quantitative estimate of drug-likeness (QED) is 0.735. The van der Waals surface area contributed by atoms with Gasteiger partial charge in [0.15, 0.2) is 0 Å². The third-order valence-corrected chi connectivity index (χ3v) is 2.87. The smallest absolute Gasteiger partial charge is 0.225 e. The lowest BCUT2D eigenvalue weighted by molar-refractivity contribution is -0.134. The molecule has 2 atom stereocenters. The fourth-order valence-electron chi connectivity index (χ4n) is 2.20. The van der Waals surface area contributed by atoms with Crippen LogP contribution in [0.1, 0.15) is 32.6 Å². The highest BCUT2D eigenvalue weighted by Gasteiger charge is 2.28. The van der Waals surface area contributed by atoms with Crippen LogP contribution >= 0.6 is 0 Å². The summed E-state index contributed by atoms with van der Waals surface area (Å²) in [5.74, 6) is 0.272. The predicted octanol–water partition coefficient (Wildman–Crippen LogP) is 0.770. The van der Waals surface area contributed by atoms with Gasteiger partial charge < -0.3 is 10.2 Å². The molecule has 1 N–H and O–H groups in total. The number of rotatable bonds is 2.